The van der Waals surface area contributed by atoms with Gasteiger partial charge in [-0.2, -0.15) is 0 Å². The molecule has 0 aromatic carbocycles. The van der Waals surface area contributed by atoms with Crippen molar-refractivity contribution in [2.75, 3.05) is 0 Å². The van der Waals surface area contributed by atoms with Gasteiger partial charge in [0, 0.05) is 5.92 Å². The summed E-state index contributed by atoms with van der Waals surface area (Å²) in [5, 5.41) is 0. The number of rotatable bonds is 6. The summed E-state index contributed by atoms with van der Waals surface area (Å²) in [6.45, 7) is 11.0. The summed E-state index contributed by atoms with van der Waals surface area (Å²) in [7, 11) is 0. The molecule has 3 unspecified atom stereocenters. The van der Waals surface area contributed by atoms with Crippen LogP contribution in [0, 0.1) is 17.8 Å². The zero-order valence-electron chi connectivity index (χ0n) is 13.8. The van der Waals surface area contributed by atoms with Gasteiger partial charge in [-0.05, 0) is 65.2 Å². The number of carbonyl (C=O) groups excluding carboxylic acids is 1. The molecule has 0 amide bonds. The predicted octanol–water partition coefficient (Wildman–Crippen LogP) is 5.49. The van der Waals surface area contributed by atoms with Gasteiger partial charge in [0.1, 0.15) is 6.29 Å². The lowest BCUT2D eigenvalue weighted by Gasteiger charge is -2.32. The van der Waals surface area contributed by atoms with Gasteiger partial charge in [0.05, 0.1) is 0 Å². The first-order valence-corrected chi connectivity index (χ1v) is 7.86. The molecule has 1 aliphatic carbocycles. The second-order valence-corrected chi connectivity index (χ2v) is 6.56. The number of aldehydes is 1. The van der Waals surface area contributed by atoms with Gasteiger partial charge in [-0.1, -0.05) is 41.9 Å². The van der Waals surface area contributed by atoms with Crippen molar-refractivity contribution in [3.8, 4) is 0 Å². The fourth-order valence-corrected chi connectivity index (χ4v) is 3.00. The largest absolute Gasteiger partial charge is 0.303 e. The molecular weight excluding hydrogens is 244 g/mol. The summed E-state index contributed by atoms with van der Waals surface area (Å²) in [4.78, 5) is 11.1. The minimum absolute atomic E-state index is 0.211. The van der Waals surface area contributed by atoms with Crippen LogP contribution in [-0.2, 0) is 4.79 Å². The van der Waals surface area contributed by atoms with Gasteiger partial charge in [0.2, 0.25) is 0 Å². The maximum atomic E-state index is 11.1. The molecule has 3 atom stereocenters. The molecule has 0 spiro atoms. The van der Waals surface area contributed by atoms with Gasteiger partial charge in [0.15, 0.2) is 0 Å². The average molecular weight is 274 g/mol. The Labute approximate surface area is 124 Å². The van der Waals surface area contributed by atoms with Gasteiger partial charge >= 0.3 is 0 Å². The Morgan fingerprint density at radius 2 is 2.00 bits per heavy atom. The number of hydrogen-bond acceptors (Lipinski definition) is 1. The van der Waals surface area contributed by atoms with Crippen LogP contribution >= 0.6 is 0 Å². The highest BCUT2D eigenvalue weighted by atomic mass is 16.1. The molecule has 20 heavy (non-hydrogen) atoms. The SMILES string of the molecule is CC(C)=CCC/C(C)=C/CC1C(C)=CCC(C=O)C1C. The van der Waals surface area contributed by atoms with Crippen LogP contribution in [0.5, 0.6) is 0 Å². The van der Waals surface area contributed by atoms with Crippen LogP contribution in [-0.4, -0.2) is 6.29 Å². The topological polar surface area (TPSA) is 17.1 Å². The van der Waals surface area contributed by atoms with Crippen molar-refractivity contribution in [1.82, 2.24) is 0 Å². The zero-order chi connectivity index (χ0) is 15.1. The first kappa shape index (κ1) is 16.9. The van der Waals surface area contributed by atoms with Crippen molar-refractivity contribution >= 4 is 6.29 Å². The van der Waals surface area contributed by atoms with Crippen LogP contribution in [0.4, 0.5) is 0 Å². The molecule has 1 heteroatoms. The summed E-state index contributed by atoms with van der Waals surface area (Å²) < 4.78 is 0. The van der Waals surface area contributed by atoms with E-state index in [-0.39, 0.29) is 5.92 Å². The molecule has 0 heterocycles. The van der Waals surface area contributed by atoms with E-state index in [4.69, 9.17) is 0 Å². The van der Waals surface area contributed by atoms with Crippen molar-refractivity contribution in [3.63, 3.8) is 0 Å². The molecule has 0 aromatic heterocycles. The Kier molecular flexibility index (Phi) is 6.98. The molecule has 1 rings (SSSR count). The molecule has 0 saturated carbocycles. The summed E-state index contributed by atoms with van der Waals surface area (Å²) in [5.74, 6) is 1.22. The van der Waals surface area contributed by atoms with Gasteiger partial charge in [0.25, 0.3) is 0 Å². The Hall–Kier alpha value is -1.11. The summed E-state index contributed by atoms with van der Waals surface area (Å²) in [5.41, 5.74) is 4.32. The van der Waals surface area contributed by atoms with Gasteiger partial charge in [-0.25, -0.2) is 0 Å². The third-order valence-electron chi connectivity index (χ3n) is 4.59. The molecule has 0 N–H and O–H groups in total. The minimum atomic E-state index is 0.211. The smallest absolute Gasteiger partial charge is 0.123 e. The summed E-state index contributed by atoms with van der Waals surface area (Å²) >= 11 is 0. The third-order valence-corrected chi connectivity index (χ3v) is 4.59. The lowest BCUT2D eigenvalue weighted by Crippen LogP contribution is -2.26. The molecule has 1 aliphatic rings. The van der Waals surface area contributed by atoms with Crippen LogP contribution in [0.15, 0.2) is 34.9 Å². The Morgan fingerprint density at radius 3 is 2.60 bits per heavy atom. The van der Waals surface area contributed by atoms with Crippen LogP contribution < -0.4 is 0 Å². The molecular formula is C19H30O. The molecule has 1 nitrogen and oxygen atoms in total. The van der Waals surface area contributed by atoms with E-state index in [0.29, 0.717) is 11.8 Å². The standard InChI is InChI=1S/C19H30O/c1-14(2)7-6-8-15(3)9-12-19-16(4)10-11-18(13-20)17(19)5/h7,9-10,13,17-19H,6,8,11-12H2,1-5H3/b15-9+. The first-order chi connectivity index (χ1) is 9.45. The quantitative estimate of drug-likeness (QED) is 0.462. The molecule has 0 bridgehead atoms. The number of allylic oxidation sites excluding steroid dienone is 6. The van der Waals surface area contributed by atoms with E-state index in [1.54, 1.807) is 0 Å². The first-order valence-electron chi connectivity index (χ1n) is 7.86. The second-order valence-electron chi connectivity index (χ2n) is 6.56. The van der Waals surface area contributed by atoms with Crippen LogP contribution in [0.1, 0.15) is 60.3 Å². The Morgan fingerprint density at radius 1 is 1.30 bits per heavy atom. The van der Waals surface area contributed by atoms with Crippen LogP contribution in [0.3, 0.4) is 0 Å². The van der Waals surface area contributed by atoms with Gasteiger partial charge in [-0.15, -0.1) is 0 Å². The molecule has 0 aliphatic heterocycles. The molecule has 0 saturated heterocycles. The van der Waals surface area contributed by atoms with Crippen molar-refractivity contribution in [2.24, 2.45) is 17.8 Å². The van der Waals surface area contributed by atoms with E-state index in [1.165, 1.54) is 16.7 Å². The zero-order valence-corrected chi connectivity index (χ0v) is 13.8. The van der Waals surface area contributed by atoms with Gasteiger partial charge < -0.3 is 4.79 Å². The second kappa shape index (κ2) is 8.24. The monoisotopic (exact) mass is 274 g/mol. The molecule has 0 radical (unpaired) electrons. The summed E-state index contributed by atoms with van der Waals surface area (Å²) in [6.07, 6.45) is 12.4. The van der Waals surface area contributed by atoms with E-state index in [0.717, 1.165) is 32.0 Å². The van der Waals surface area contributed by atoms with Crippen molar-refractivity contribution < 1.29 is 4.79 Å². The van der Waals surface area contributed by atoms with Gasteiger partial charge in [-0.3, -0.25) is 0 Å². The highest BCUT2D eigenvalue weighted by Gasteiger charge is 2.28. The average Bonchev–Trinajstić information content (AvgIpc) is 2.38. The molecule has 0 aromatic rings. The molecule has 0 fully saturated rings. The Bertz CT molecular complexity index is 407. The van der Waals surface area contributed by atoms with Crippen molar-refractivity contribution in [1.29, 1.82) is 0 Å². The van der Waals surface area contributed by atoms with Crippen molar-refractivity contribution in [3.05, 3.63) is 34.9 Å². The lowest BCUT2D eigenvalue weighted by molar-refractivity contribution is -0.112. The predicted molar refractivity (Wildman–Crippen MR) is 87.6 cm³/mol. The number of carbonyl (C=O) groups is 1. The van der Waals surface area contributed by atoms with E-state index in [1.807, 2.05) is 0 Å². The lowest BCUT2D eigenvalue weighted by atomic mass is 9.72. The fraction of sp³-hybridized carbons (Fsp3) is 0.632. The Balaban J connectivity index is 2.58. The van der Waals surface area contributed by atoms with E-state index >= 15 is 0 Å². The minimum Gasteiger partial charge on any atom is -0.303 e. The highest BCUT2D eigenvalue weighted by molar-refractivity contribution is 5.55. The molecule has 112 valence electrons. The maximum Gasteiger partial charge on any atom is 0.123 e. The maximum absolute atomic E-state index is 11.1. The fourth-order valence-electron chi connectivity index (χ4n) is 3.00. The van der Waals surface area contributed by atoms with E-state index < -0.39 is 0 Å². The normalized spacial score (nSPS) is 26.9. The van der Waals surface area contributed by atoms with E-state index in [2.05, 4.69) is 52.8 Å². The van der Waals surface area contributed by atoms with Crippen molar-refractivity contribution in [2.45, 2.75) is 60.3 Å². The summed E-state index contributed by atoms with van der Waals surface area (Å²) in [6, 6.07) is 0. The van der Waals surface area contributed by atoms with E-state index in [9.17, 15) is 4.79 Å². The van der Waals surface area contributed by atoms with Crippen LogP contribution in [0.2, 0.25) is 0 Å². The number of hydrogen-bond donors (Lipinski definition) is 0. The highest BCUT2D eigenvalue weighted by Crippen LogP contribution is 2.36. The third kappa shape index (κ3) is 5.11. The van der Waals surface area contributed by atoms with Crippen LogP contribution in [0.25, 0.3) is 0 Å².